The highest BCUT2D eigenvalue weighted by molar-refractivity contribution is 6.32. The van der Waals surface area contributed by atoms with Crippen molar-refractivity contribution < 1.29 is 13.2 Å². The molecule has 1 N–H and O–H groups in total. The van der Waals surface area contributed by atoms with Crippen molar-refractivity contribution in [3.05, 3.63) is 41.0 Å². The molecule has 0 saturated heterocycles. The van der Waals surface area contributed by atoms with Gasteiger partial charge < -0.3 is 5.32 Å². The topological polar surface area (TPSA) is 86.3 Å². The van der Waals surface area contributed by atoms with Crippen molar-refractivity contribution in [3.8, 4) is 0 Å². The summed E-state index contributed by atoms with van der Waals surface area (Å²) in [6.07, 6.45) is 0.891. The minimum Gasteiger partial charge on any atom is -0.320 e. The maximum atomic E-state index is 13.2. The maximum Gasteiger partial charge on any atom is 0.419 e. The molecule has 0 spiro atoms. The zero-order valence-electron chi connectivity index (χ0n) is 15.9. The Bertz CT molecular complexity index is 1050. The number of hydrogen-bond acceptors (Lipinski definition) is 6. The lowest BCUT2D eigenvalue weighted by molar-refractivity contribution is -0.138. The zero-order chi connectivity index (χ0) is 21.0. The van der Waals surface area contributed by atoms with E-state index in [-0.39, 0.29) is 22.7 Å². The van der Waals surface area contributed by atoms with Crippen LogP contribution in [0.15, 0.2) is 18.7 Å². The van der Waals surface area contributed by atoms with E-state index in [2.05, 4.69) is 30.5 Å². The molecule has 1 aliphatic rings. The van der Waals surface area contributed by atoms with E-state index in [1.807, 2.05) is 13.8 Å². The van der Waals surface area contributed by atoms with Gasteiger partial charge in [0.05, 0.1) is 23.1 Å². The molecule has 3 aromatic rings. The SMILES string of the molecule is Cn1cnc(C(C)(C)n2cc(Nc3ncc(C(F)(F)F)c(C4CC4)n3)c(Cl)n2)n1. The summed E-state index contributed by atoms with van der Waals surface area (Å²) in [7, 11) is 1.76. The molecule has 0 aromatic carbocycles. The third-order valence-corrected chi connectivity index (χ3v) is 5.00. The third-order valence-electron chi connectivity index (χ3n) is 4.72. The number of hydrogen-bond donors (Lipinski definition) is 1. The van der Waals surface area contributed by atoms with Crippen LogP contribution in [0.4, 0.5) is 24.8 Å². The van der Waals surface area contributed by atoms with Crippen LogP contribution in [0.1, 0.15) is 49.7 Å². The molecule has 1 fully saturated rings. The van der Waals surface area contributed by atoms with Crippen LogP contribution in [0.5, 0.6) is 0 Å². The number of alkyl halides is 3. The zero-order valence-corrected chi connectivity index (χ0v) is 16.6. The minimum absolute atomic E-state index is 0.0107. The Morgan fingerprint density at radius 3 is 2.48 bits per heavy atom. The van der Waals surface area contributed by atoms with Gasteiger partial charge in [0.2, 0.25) is 5.95 Å². The summed E-state index contributed by atoms with van der Waals surface area (Å²) >= 11 is 6.24. The molecule has 154 valence electrons. The largest absolute Gasteiger partial charge is 0.419 e. The number of halogens is 4. The summed E-state index contributed by atoms with van der Waals surface area (Å²) in [6, 6.07) is 0. The van der Waals surface area contributed by atoms with Gasteiger partial charge in [-0.3, -0.25) is 9.36 Å². The molecule has 0 bridgehead atoms. The van der Waals surface area contributed by atoms with Gasteiger partial charge >= 0.3 is 6.18 Å². The van der Waals surface area contributed by atoms with Crippen LogP contribution in [-0.4, -0.2) is 34.5 Å². The monoisotopic (exact) mass is 426 g/mol. The van der Waals surface area contributed by atoms with E-state index in [0.29, 0.717) is 24.4 Å². The number of anilines is 2. The van der Waals surface area contributed by atoms with E-state index in [4.69, 9.17) is 11.6 Å². The predicted octanol–water partition coefficient (Wildman–Crippen LogP) is 3.88. The highest BCUT2D eigenvalue weighted by atomic mass is 35.5. The van der Waals surface area contributed by atoms with Gasteiger partial charge in [0.15, 0.2) is 11.0 Å². The number of nitrogens with zero attached hydrogens (tertiary/aromatic N) is 7. The normalized spacial score (nSPS) is 15.0. The van der Waals surface area contributed by atoms with Crippen molar-refractivity contribution in [1.29, 1.82) is 0 Å². The Balaban J connectivity index is 1.63. The Morgan fingerprint density at radius 1 is 1.17 bits per heavy atom. The number of aryl methyl sites for hydroxylation is 1. The summed E-state index contributed by atoms with van der Waals surface area (Å²) in [4.78, 5) is 12.2. The van der Waals surface area contributed by atoms with Crippen LogP contribution in [0.2, 0.25) is 5.15 Å². The van der Waals surface area contributed by atoms with Crippen LogP contribution in [0.3, 0.4) is 0 Å². The Hall–Kier alpha value is -2.69. The van der Waals surface area contributed by atoms with Crippen LogP contribution in [-0.2, 0) is 18.8 Å². The van der Waals surface area contributed by atoms with Crippen molar-refractivity contribution >= 4 is 23.2 Å². The van der Waals surface area contributed by atoms with Crippen molar-refractivity contribution in [3.63, 3.8) is 0 Å². The fourth-order valence-corrected chi connectivity index (χ4v) is 3.08. The fraction of sp³-hybridized carbons (Fsp3) is 0.471. The van der Waals surface area contributed by atoms with Gasteiger partial charge in [-0.25, -0.2) is 15.0 Å². The van der Waals surface area contributed by atoms with Crippen molar-refractivity contribution in [1.82, 2.24) is 34.5 Å². The van der Waals surface area contributed by atoms with Gasteiger partial charge in [-0.1, -0.05) is 11.6 Å². The molecular formula is C17H18ClF3N8. The second kappa shape index (κ2) is 6.68. The summed E-state index contributed by atoms with van der Waals surface area (Å²) < 4.78 is 42.8. The lowest BCUT2D eigenvalue weighted by Crippen LogP contribution is -2.30. The van der Waals surface area contributed by atoms with Gasteiger partial charge in [0, 0.05) is 19.2 Å². The number of nitrogens with one attached hydrogen (secondary N) is 1. The van der Waals surface area contributed by atoms with Gasteiger partial charge in [-0.15, -0.1) is 0 Å². The van der Waals surface area contributed by atoms with E-state index in [0.717, 1.165) is 6.20 Å². The lowest BCUT2D eigenvalue weighted by atomic mass is 10.1. The van der Waals surface area contributed by atoms with E-state index in [1.54, 1.807) is 28.9 Å². The smallest absolute Gasteiger partial charge is 0.320 e. The summed E-state index contributed by atoms with van der Waals surface area (Å²) in [5.74, 6) is 0.380. The Morgan fingerprint density at radius 2 is 1.90 bits per heavy atom. The highest BCUT2D eigenvalue weighted by Crippen LogP contribution is 2.45. The summed E-state index contributed by atoms with van der Waals surface area (Å²) in [5, 5.41) is 11.6. The molecule has 3 heterocycles. The first kappa shape index (κ1) is 19.6. The third kappa shape index (κ3) is 3.78. The highest BCUT2D eigenvalue weighted by Gasteiger charge is 2.40. The average Bonchev–Trinajstić information content (AvgIpc) is 3.29. The van der Waals surface area contributed by atoms with E-state index < -0.39 is 17.3 Å². The molecule has 29 heavy (non-hydrogen) atoms. The second-order valence-electron chi connectivity index (χ2n) is 7.47. The molecule has 3 aromatic heterocycles. The van der Waals surface area contributed by atoms with Crippen molar-refractivity contribution in [2.75, 3.05) is 5.32 Å². The van der Waals surface area contributed by atoms with Gasteiger partial charge in [-0.05, 0) is 26.7 Å². The van der Waals surface area contributed by atoms with Crippen molar-refractivity contribution in [2.45, 2.75) is 44.3 Å². The molecule has 8 nitrogen and oxygen atoms in total. The first-order chi connectivity index (χ1) is 13.6. The molecule has 12 heteroatoms. The quantitative estimate of drug-likeness (QED) is 0.666. The van der Waals surface area contributed by atoms with E-state index in [9.17, 15) is 13.2 Å². The second-order valence-corrected chi connectivity index (χ2v) is 7.83. The molecule has 0 aliphatic heterocycles. The first-order valence-corrected chi connectivity index (χ1v) is 9.26. The lowest BCUT2D eigenvalue weighted by Gasteiger charge is -2.21. The molecule has 0 radical (unpaired) electrons. The summed E-state index contributed by atoms with van der Waals surface area (Å²) in [5.41, 5.74) is -1.12. The first-order valence-electron chi connectivity index (χ1n) is 8.88. The van der Waals surface area contributed by atoms with E-state index in [1.165, 1.54) is 0 Å². The molecule has 1 saturated carbocycles. The van der Waals surface area contributed by atoms with Crippen LogP contribution >= 0.6 is 11.6 Å². The Kier molecular flexibility index (Phi) is 4.52. The van der Waals surface area contributed by atoms with Gasteiger partial charge in [0.1, 0.15) is 11.9 Å². The molecule has 0 atom stereocenters. The van der Waals surface area contributed by atoms with Crippen LogP contribution < -0.4 is 5.32 Å². The summed E-state index contributed by atoms with van der Waals surface area (Å²) in [6.45, 7) is 3.74. The van der Waals surface area contributed by atoms with Crippen LogP contribution in [0.25, 0.3) is 0 Å². The molecule has 1 aliphatic carbocycles. The molecule has 4 rings (SSSR count). The van der Waals surface area contributed by atoms with Gasteiger partial charge in [0.25, 0.3) is 0 Å². The average molecular weight is 427 g/mol. The fourth-order valence-electron chi connectivity index (χ4n) is 2.91. The number of aromatic nitrogens is 7. The van der Waals surface area contributed by atoms with Crippen LogP contribution in [0, 0.1) is 0 Å². The maximum absolute atomic E-state index is 13.2. The molecule has 0 amide bonds. The van der Waals surface area contributed by atoms with Crippen molar-refractivity contribution in [2.24, 2.45) is 7.05 Å². The molecular weight excluding hydrogens is 409 g/mol. The standard InChI is InChI=1S/C17H18ClF3N8/c1-16(2,14-23-8-28(3)27-14)29-7-11(13(18)26-29)24-15-22-6-10(17(19,20)21)12(25-15)9-4-5-9/h6-9H,4-5H2,1-3H3,(H,22,24,25). The molecule has 0 unspecified atom stereocenters. The minimum atomic E-state index is -4.49. The van der Waals surface area contributed by atoms with Gasteiger partial charge in [-0.2, -0.15) is 23.4 Å². The van der Waals surface area contributed by atoms with E-state index >= 15 is 0 Å². The predicted molar refractivity (Wildman–Crippen MR) is 99.0 cm³/mol. The Labute approximate surface area is 169 Å². The number of rotatable bonds is 5.